The fraction of sp³-hybridized carbons (Fsp3) is 0.412. The number of hydrogen-bond acceptors (Lipinski definition) is 4. The maximum absolute atomic E-state index is 11.7. The van der Waals surface area contributed by atoms with E-state index in [-0.39, 0.29) is 6.42 Å². The van der Waals surface area contributed by atoms with Crippen LogP contribution in [-0.2, 0) is 21.2 Å². The van der Waals surface area contributed by atoms with Crippen LogP contribution in [-0.4, -0.2) is 40.3 Å². The zero-order valence-corrected chi connectivity index (χ0v) is 14.7. The van der Waals surface area contributed by atoms with Crippen molar-refractivity contribution in [1.29, 1.82) is 0 Å². The Morgan fingerprint density at radius 1 is 1.21 bits per heavy atom. The summed E-state index contributed by atoms with van der Waals surface area (Å²) >= 11 is 0. The molecule has 1 N–H and O–H groups in total. The molecule has 0 saturated carbocycles. The Kier molecular flexibility index (Phi) is 5.43. The lowest BCUT2D eigenvalue weighted by Crippen LogP contribution is -2.43. The van der Waals surface area contributed by atoms with Crippen molar-refractivity contribution in [1.82, 2.24) is 9.78 Å². The van der Waals surface area contributed by atoms with Gasteiger partial charge in [-0.25, -0.2) is 8.42 Å². The van der Waals surface area contributed by atoms with Gasteiger partial charge in [0.2, 0.25) is 0 Å². The van der Waals surface area contributed by atoms with E-state index in [0.29, 0.717) is 19.4 Å². The average Bonchev–Trinajstić information content (AvgIpc) is 3.00. The van der Waals surface area contributed by atoms with Crippen molar-refractivity contribution in [3.05, 3.63) is 42.7 Å². The van der Waals surface area contributed by atoms with E-state index in [9.17, 15) is 18.3 Å². The maximum Gasteiger partial charge on any atom is 0.324 e. The molecule has 2 aromatic rings. The van der Waals surface area contributed by atoms with Gasteiger partial charge in [0.15, 0.2) is 14.6 Å². The highest BCUT2D eigenvalue weighted by Gasteiger charge is 2.42. The van der Waals surface area contributed by atoms with Gasteiger partial charge in [0, 0.05) is 24.6 Å². The highest BCUT2D eigenvalue weighted by atomic mass is 32.2. The summed E-state index contributed by atoms with van der Waals surface area (Å²) < 4.78 is 23.5. The summed E-state index contributed by atoms with van der Waals surface area (Å²) in [5.41, 5.74) is 2.10. The largest absolute Gasteiger partial charge is 0.480 e. The average molecular weight is 350 g/mol. The van der Waals surface area contributed by atoms with Crippen molar-refractivity contribution in [3.8, 4) is 11.1 Å². The van der Waals surface area contributed by atoms with E-state index < -0.39 is 20.6 Å². The minimum absolute atomic E-state index is 0.0912. The molecule has 1 heterocycles. The Hall–Kier alpha value is -2.15. The van der Waals surface area contributed by atoms with Crippen molar-refractivity contribution in [2.24, 2.45) is 0 Å². The highest BCUT2D eigenvalue weighted by molar-refractivity contribution is 7.92. The first-order chi connectivity index (χ1) is 11.2. The number of aliphatic carboxylic acids is 1. The molecule has 0 aliphatic rings. The molecule has 0 radical (unpaired) electrons. The van der Waals surface area contributed by atoms with Crippen molar-refractivity contribution in [3.63, 3.8) is 0 Å². The minimum atomic E-state index is -3.66. The van der Waals surface area contributed by atoms with Crippen LogP contribution in [0.2, 0.25) is 0 Å². The molecule has 0 fully saturated rings. The molecule has 0 saturated heterocycles. The molecule has 130 valence electrons. The van der Waals surface area contributed by atoms with E-state index in [4.69, 9.17) is 0 Å². The number of sulfone groups is 1. The van der Waals surface area contributed by atoms with Crippen LogP contribution in [0, 0.1) is 0 Å². The van der Waals surface area contributed by atoms with Gasteiger partial charge in [0.25, 0.3) is 0 Å². The van der Waals surface area contributed by atoms with Crippen LogP contribution in [0.1, 0.15) is 26.2 Å². The molecule has 0 unspecified atom stereocenters. The molecule has 0 spiro atoms. The Bertz CT molecular complexity index is 799. The summed E-state index contributed by atoms with van der Waals surface area (Å²) in [5.74, 6) is -1.30. The SMILES string of the molecule is C[C@@](CCCCn1cc(-c2ccccc2)cn1)(C(=O)O)S(C)(=O)=O. The standard InChI is InChI=1S/C17H22N2O4S/c1-17(16(20)21,24(2,22)23)10-6-7-11-19-13-15(12-18-19)14-8-4-3-5-9-14/h3-5,8-9,12-13H,6-7,10-11H2,1-2H3,(H,20,21)/t17-/m1/s1. The van der Waals surface area contributed by atoms with Crippen LogP contribution >= 0.6 is 0 Å². The molecule has 24 heavy (non-hydrogen) atoms. The number of carboxylic acids is 1. The zero-order chi connectivity index (χ0) is 17.8. The van der Waals surface area contributed by atoms with E-state index in [1.54, 1.807) is 10.9 Å². The summed E-state index contributed by atoms with van der Waals surface area (Å²) in [7, 11) is -3.66. The van der Waals surface area contributed by atoms with Crippen LogP contribution in [0.4, 0.5) is 0 Å². The smallest absolute Gasteiger partial charge is 0.324 e. The van der Waals surface area contributed by atoms with Crippen molar-refractivity contribution < 1.29 is 18.3 Å². The monoisotopic (exact) mass is 350 g/mol. The van der Waals surface area contributed by atoms with E-state index in [2.05, 4.69) is 5.10 Å². The second-order valence-electron chi connectivity index (χ2n) is 6.12. The molecule has 1 aromatic carbocycles. The van der Waals surface area contributed by atoms with E-state index >= 15 is 0 Å². The van der Waals surface area contributed by atoms with Gasteiger partial charge in [-0.05, 0) is 31.7 Å². The Morgan fingerprint density at radius 2 is 1.88 bits per heavy atom. The number of aryl methyl sites for hydroxylation is 1. The van der Waals surface area contributed by atoms with Gasteiger partial charge in [-0.2, -0.15) is 5.10 Å². The first-order valence-electron chi connectivity index (χ1n) is 7.75. The molecule has 1 aromatic heterocycles. The Balaban J connectivity index is 1.91. The topological polar surface area (TPSA) is 89.3 Å². The Morgan fingerprint density at radius 3 is 2.46 bits per heavy atom. The van der Waals surface area contributed by atoms with Crippen LogP contribution in [0.3, 0.4) is 0 Å². The third-order valence-electron chi connectivity index (χ3n) is 4.30. The third kappa shape index (κ3) is 4.03. The van der Waals surface area contributed by atoms with Crippen LogP contribution in [0.15, 0.2) is 42.7 Å². The van der Waals surface area contributed by atoms with Gasteiger partial charge in [0.05, 0.1) is 6.20 Å². The molecule has 0 aliphatic heterocycles. The molecular formula is C17H22N2O4S. The number of carboxylic acid groups (broad SMARTS) is 1. The lowest BCUT2D eigenvalue weighted by atomic mass is 10.0. The van der Waals surface area contributed by atoms with Gasteiger partial charge in [0.1, 0.15) is 0 Å². The quantitative estimate of drug-likeness (QED) is 0.739. The lowest BCUT2D eigenvalue weighted by molar-refractivity contribution is -0.139. The number of nitrogens with zero attached hydrogens (tertiary/aromatic N) is 2. The summed E-state index contributed by atoms with van der Waals surface area (Å²) in [6, 6.07) is 9.89. The van der Waals surface area contributed by atoms with E-state index in [1.807, 2.05) is 36.5 Å². The van der Waals surface area contributed by atoms with Gasteiger partial charge >= 0.3 is 5.97 Å². The number of benzene rings is 1. The summed E-state index contributed by atoms with van der Waals surface area (Å²) in [4.78, 5) is 11.3. The second-order valence-corrected chi connectivity index (χ2v) is 8.57. The maximum atomic E-state index is 11.7. The van der Waals surface area contributed by atoms with Gasteiger partial charge in [-0.15, -0.1) is 0 Å². The molecule has 2 rings (SSSR count). The molecule has 0 bridgehead atoms. The van der Waals surface area contributed by atoms with Gasteiger partial charge < -0.3 is 5.11 Å². The molecular weight excluding hydrogens is 328 g/mol. The fourth-order valence-electron chi connectivity index (χ4n) is 2.45. The lowest BCUT2D eigenvalue weighted by Gasteiger charge is -2.22. The zero-order valence-electron chi connectivity index (χ0n) is 13.8. The van der Waals surface area contributed by atoms with Gasteiger partial charge in [-0.1, -0.05) is 30.3 Å². The molecule has 0 aliphatic carbocycles. The number of aromatic nitrogens is 2. The second kappa shape index (κ2) is 7.17. The first-order valence-corrected chi connectivity index (χ1v) is 9.64. The molecule has 6 nitrogen and oxygen atoms in total. The summed E-state index contributed by atoms with van der Waals surface area (Å²) in [6.07, 6.45) is 5.94. The van der Waals surface area contributed by atoms with Crippen molar-refractivity contribution in [2.45, 2.75) is 37.5 Å². The minimum Gasteiger partial charge on any atom is -0.480 e. The number of unbranched alkanes of at least 4 members (excludes halogenated alkanes) is 1. The molecule has 1 atom stereocenters. The normalized spacial score (nSPS) is 14.2. The molecule has 0 amide bonds. The third-order valence-corrected chi connectivity index (χ3v) is 6.32. The predicted molar refractivity (Wildman–Crippen MR) is 92.4 cm³/mol. The number of carbonyl (C=O) groups is 1. The predicted octanol–water partition coefficient (Wildman–Crippen LogP) is 2.61. The van der Waals surface area contributed by atoms with Crippen LogP contribution < -0.4 is 0 Å². The van der Waals surface area contributed by atoms with Crippen LogP contribution in [0.5, 0.6) is 0 Å². The molecule has 7 heteroatoms. The first kappa shape index (κ1) is 18.2. The van der Waals surface area contributed by atoms with Crippen LogP contribution in [0.25, 0.3) is 11.1 Å². The number of hydrogen-bond donors (Lipinski definition) is 1. The Labute approximate surface area is 142 Å². The van der Waals surface area contributed by atoms with Crippen molar-refractivity contribution in [2.75, 3.05) is 6.26 Å². The summed E-state index contributed by atoms with van der Waals surface area (Å²) in [6.45, 7) is 1.89. The fourth-order valence-corrected chi connectivity index (χ4v) is 3.28. The highest BCUT2D eigenvalue weighted by Crippen LogP contribution is 2.24. The summed E-state index contributed by atoms with van der Waals surface area (Å²) in [5, 5.41) is 13.5. The van der Waals surface area contributed by atoms with E-state index in [0.717, 1.165) is 17.4 Å². The number of rotatable bonds is 8. The van der Waals surface area contributed by atoms with Crippen molar-refractivity contribution >= 4 is 15.8 Å². The van der Waals surface area contributed by atoms with E-state index in [1.165, 1.54) is 6.92 Å². The van der Waals surface area contributed by atoms with Gasteiger partial charge in [-0.3, -0.25) is 9.48 Å².